The average molecular weight is 315 g/mol. The predicted octanol–water partition coefficient (Wildman–Crippen LogP) is 2.57. The highest BCUT2D eigenvalue weighted by Crippen LogP contribution is 2.26. The van der Waals surface area contributed by atoms with Crippen LogP contribution in [0.5, 0.6) is 0 Å². The van der Waals surface area contributed by atoms with Gasteiger partial charge in [-0.3, -0.25) is 19.7 Å². The lowest BCUT2D eigenvalue weighted by Gasteiger charge is -2.27. The molecule has 0 aliphatic rings. The Morgan fingerprint density at radius 2 is 2.10 bits per heavy atom. The quantitative estimate of drug-likeness (QED) is 0.642. The summed E-state index contributed by atoms with van der Waals surface area (Å²) in [5.41, 5.74) is -0.352. The van der Waals surface area contributed by atoms with Crippen LogP contribution < -0.4 is 0 Å². The first-order chi connectivity index (χ1) is 9.77. The van der Waals surface area contributed by atoms with Crippen LogP contribution in [0.25, 0.3) is 0 Å². The predicted molar refractivity (Wildman–Crippen MR) is 76.5 cm³/mol. The molecule has 0 aliphatic heterocycles. The number of amides is 1. The molecule has 1 amide bonds. The molecule has 1 aromatic carbocycles. The van der Waals surface area contributed by atoms with Crippen molar-refractivity contribution < 1.29 is 19.6 Å². The van der Waals surface area contributed by atoms with Crippen LogP contribution in [-0.4, -0.2) is 39.4 Å². The molecule has 0 bridgehead atoms. The van der Waals surface area contributed by atoms with Crippen molar-refractivity contribution in [3.63, 3.8) is 0 Å². The Bertz CT molecular complexity index is 576. The Kier molecular flexibility index (Phi) is 5.66. The first kappa shape index (κ1) is 16.9. The second kappa shape index (κ2) is 7.03. The molecule has 7 nitrogen and oxygen atoms in total. The van der Waals surface area contributed by atoms with Gasteiger partial charge in [0, 0.05) is 17.7 Å². The minimum Gasteiger partial charge on any atom is -0.480 e. The Balaban J connectivity index is 3.17. The van der Waals surface area contributed by atoms with E-state index in [9.17, 15) is 19.7 Å². The van der Waals surface area contributed by atoms with E-state index in [-0.39, 0.29) is 22.3 Å². The standard InChI is InChI=1S/C13H15ClN2O5/c1-3-8(2)15(7-12(17)18)13(19)9-4-5-10(14)11(6-9)16(20)21/h4-6,8H,3,7H2,1-2H3,(H,17,18). The van der Waals surface area contributed by atoms with Crippen molar-refractivity contribution in [3.8, 4) is 0 Å². The van der Waals surface area contributed by atoms with Crippen molar-refractivity contribution >= 4 is 29.2 Å². The van der Waals surface area contributed by atoms with Crippen LogP contribution >= 0.6 is 11.6 Å². The molecule has 0 aromatic heterocycles. The topological polar surface area (TPSA) is 101 Å². The first-order valence-corrected chi connectivity index (χ1v) is 6.62. The Morgan fingerprint density at radius 3 is 2.57 bits per heavy atom. The van der Waals surface area contributed by atoms with Gasteiger partial charge >= 0.3 is 5.97 Å². The van der Waals surface area contributed by atoms with Crippen LogP contribution in [0.1, 0.15) is 30.6 Å². The number of carbonyl (C=O) groups is 2. The van der Waals surface area contributed by atoms with Gasteiger partial charge in [0.15, 0.2) is 0 Å². The molecule has 0 fully saturated rings. The molecule has 1 N–H and O–H groups in total. The van der Waals surface area contributed by atoms with Crippen molar-refractivity contribution in [1.29, 1.82) is 0 Å². The zero-order valence-electron chi connectivity index (χ0n) is 11.6. The number of aliphatic carboxylic acids is 1. The summed E-state index contributed by atoms with van der Waals surface area (Å²) in [6.45, 7) is 3.06. The fourth-order valence-electron chi connectivity index (χ4n) is 1.75. The van der Waals surface area contributed by atoms with Gasteiger partial charge in [-0.15, -0.1) is 0 Å². The number of hydrogen-bond donors (Lipinski definition) is 1. The molecule has 114 valence electrons. The van der Waals surface area contributed by atoms with E-state index in [4.69, 9.17) is 16.7 Å². The van der Waals surface area contributed by atoms with Gasteiger partial charge in [-0.2, -0.15) is 0 Å². The summed E-state index contributed by atoms with van der Waals surface area (Å²) in [6.07, 6.45) is 0.564. The van der Waals surface area contributed by atoms with Gasteiger partial charge in [-0.05, 0) is 25.5 Å². The summed E-state index contributed by atoms with van der Waals surface area (Å²) >= 11 is 5.69. The molecule has 1 aromatic rings. The van der Waals surface area contributed by atoms with E-state index in [2.05, 4.69) is 0 Å². The molecule has 0 saturated carbocycles. The first-order valence-electron chi connectivity index (χ1n) is 6.24. The number of carbonyl (C=O) groups excluding carboxylic acids is 1. The fourth-order valence-corrected chi connectivity index (χ4v) is 1.93. The third-order valence-corrected chi connectivity index (χ3v) is 3.40. The van der Waals surface area contributed by atoms with Crippen molar-refractivity contribution in [2.45, 2.75) is 26.3 Å². The summed E-state index contributed by atoms with van der Waals surface area (Å²) < 4.78 is 0. The van der Waals surface area contributed by atoms with Crippen LogP contribution in [0.3, 0.4) is 0 Å². The molecule has 0 heterocycles. The number of rotatable bonds is 6. The molecular formula is C13H15ClN2O5. The largest absolute Gasteiger partial charge is 0.480 e. The summed E-state index contributed by atoms with van der Waals surface area (Å²) in [7, 11) is 0. The summed E-state index contributed by atoms with van der Waals surface area (Å²) in [5.74, 6) is -1.72. The Morgan fingerprint density at radius 1 is 1.48 bits per heavy atom. The molecule has 0 radical (unpaired) electrons. The fraction of sp³-hybridized carbons (Fsp3) is 0.385. The van der Waals surface area contributed by atoms with Gasteiger partial charge in [-0.25, -0.2) is 0 Å². The molecule has 0 spiro atoms. The number of hydrogen-bond acceptors (Lipinski definition) is 4. The molecule has 1 atom stereocenters. The number of carboxylic acid groups (broad SMARTS) is 1. The number of benzene rings is 1. The van der Waals surface area contributed by atoms with Crippen LogP contribution in [-0.2, 0) is 4.79 Å². The second-order valence-electron chi connectivity index (χ2n) is 4.51. The van der Waals surface area contributed by atoms with Crippen molar-refractivity contribution in [2.24, 2.45) is 0 Å². The zero-order chi connectivity index (χ0) is 16.2. The average Bonchev–Trinajstić information content (AvgIpc) is 2.43. The lowest BCUT2D eigenvalue weighted by molar-refractivity contribution is -0.384. The molecular weight excluding hydrogens is 300 g/mol. The number of nitro benzene ring substituents is 1. The highest BCUT2D eigenvalue weighted by atomic mass is 35.5. The van der Waals surface area contributed by atoms with E-state index in [0.29, 0.717) is 6.42 Å². The maximum Gasteiger partial charge on any atom is 0.323 e. The summed E-state index contributed by atoms with van der Waals surface area (Å²) in [4.78, 5) is 34.5. The maximum atomic E-state index is 12.4. The molecule has 1 rings (SSSR count). The molecule has 8 heteroatoms. The third kappa shape index (κ3) is 4.16. The highest BCUT2D eigenvalue weighted by molar-refractivity contribution is 6.32. The third-order valence-electron chi connectivity index (χ3n) is 3.08. The number of nitro groups is 1. The van der Waals surface area contributed by atoms with Gasteiger partial charge in [-0.1, -0.05) is 18.5 Å². The highest BCUT2D eigenvalue weighted by Gasteiger charge is 2.25. The van der Waals surface area contributed by atoms with Crippen LogP contribution in [0, 0.1) is 10.1 Å². The van der Waals surface area contributed by atoms with E-state index >= 15 is 0 Å². The smallest absolute Gasteiger partial charge is 0.323 e. The van der Waals surface area contributed by atoms with Gasteiger partial charge < -0.3 is 10.0 Å². The van der Waals surface area contributed by atoms with E-state index in [1.807, 2.05) is 6.92 Å². The second-order valence-corrected chi connectivity index (χ2v) is 4.91. The van der Waals surface area contributed by atoms with Crippen molar-refractivity contribution in [2.75, 3.05) is 6.54 Å². The minimum atomic E-state index is -1.15. The van der Waals surface area contributed by atoms with E-state index < -0.39 is 23.3 Å². The van der Waals surface area contributed by atoms with Crippen molar-refractivity contribution in [3.05, 3.63) is 38.9 Å². The maximum absolute atomic E-state index is 12.4. The lowest BCUT2D eigenvalue weighted by Crippen LogP contribution is -2.41. The molecule has 21 heavy (non-hydrogen) atoms. The van der Waals surface area contributed by atoms with Gasteiger partial charge in [0.25, 0.3) is 11.6 Å². The Hall–Kier alpha value is -2.15. The normalized spacial score (nSPS) is 11.8. The van der Waals surface area contributed by atoms with Gasteiger partial charge in [0.2, 0.25) is 0 Å². The lowest BCUT2D eigenvalue weighted by atomic mass is 10.1. The molecule has 1 unspecified atom stereocenters. The van der Waals surface area contributed by atoms with Gasteiger partial charge in [0.05, 0.1) is 4.92 Å². The molecule has 0 aliphatic carbocycles. The van der Waals surface area contributed by atoms with E-state index in [0.717, 1.165) is 11.0 Å². The van der Waals surface area contributed by atoms with Crippen LogP contribution in [0.15, 0.2) is 18.2 Å². The Labute approximate surface area is 126 Å². The minimum absolute atomic E-state index is 0.0349. The van der Waals surface area contributed by atoms with E-state index in [1.165, 1.54) is 12.1 Å². The summed E-state index contributed by atoms with van der Waals surface area (Å²) in [5, 5.41) is 19.6. The van der Waals surface area contributed by atoms with E-state index in [1.54, 1.807) is 6.92 Å². The summed E-state index contributed by atoms with van der Waals surface area (Å²) in [6, 6.07) is 3.35. The molecule has 0 saturated heterocycles. The van der Waals surface area contributed by atoms with Crippen LogP contribution in [0.2, 0.25) is 5.02 Å². The monoisotopic (exact) mass is 314 g/mol. The van der Waals surface area contributed by atoms with Crippen molar-refractivity contribution in [1.82, 2.24) is 4.90 Å². The van der Waals surface area contributed by atoms with Crippen LogP contribution in [0.4, 0.5) is 5.69 Å². The zero-order valence-corrected chi connectivity index (χ0v) is 12.3. The van der Waals surface area contributed by atoms with Gasteiger partial charge in [0.1, 0.15) is 11.6 Å². The number of nitrogens with zero attached hydrogens (tertiary/aromatic N) is 2. The SMILES string of the molecule is CCC(C)N(CC(=O)O)C(=O)c1ccc(Cl)c([N+](=O)[O-])c1. The number of carboxylic acids is 1. The number of halogens is 1.